The minimum absolute atomic E-state index is 0.0464. The molecule has 11 nitrogen and oxygen atoms in total. The minimum atomic E-state index is -1.13. The number of hydrogen-bond acceptors (Lipinski definition) is 7. The summed E-state index contributed by atoms with van der Waals surface area (Å²) in [5, 5.41) is 16.0. The number of methoxy groups -OCH3 is 1. The molecule has 2 rings (SSSR count). The fourth-order valence-corrected chi connectivity index (χ4v) is 2.64. The van der Waals surface area contributed by atoms with Gasteiger partial charge in [0.05, 0.1) is 7.11 Å². The molecule has 1 aromatic heterocycles. The summed E-state index contributed by atoms with van der Waals surface area (Å²) in [6.07, 6.45) is 2.31. The highest BCUT2D eigenvalue weighted by atomic mass is 16.5. The van der Waals surface area contributed by atoms with Gasteiger partial charge in [-0.25, -0.2) is 14.8 Å². The van der Waals surface area contributed by atoms with Gasteiger partial charge < -0.3 is 25.2 Å². The molecule has 0 fully saturated rings. The molecular formula is C21H27N5O6. The molecule has 0 radical (unpaired) electrons. The molecule has 0 saturated heterocycles. The SMILES string of the molecule is COc1cccc(CNC(=O)c2cc(C(=O)NCCCCCOCNC(=O)O)ncn2)c1. The van der Waals surface area contributed by atoms with Crippen LogP contribution in [-0.2, 0) is 11.3 Å². The number of carbonyl (C=O) groups excluding carboxylic acids is 2. The van der Waals surface area contributed by atoms with Crippen molar-refractivity contribution in [2.24, 2.45) is 0 Å². The van der Waals surface area contributed by atoms with Gasteiger partial charge in [-0.05, 0) is 37.0 Å². The fourth-order valence-electron chi connectivity index (χ4n) is 2.64. The Morgan fingerprint density at radius 1 is 0.969 bits per heavy atom. The van der Waals surface area contributed by atoms with Gasteiger partial charge in [0.1, 0.15) is 30.2 Å². The lowest BCUT2D eigenvalue weighted by atomic mass is 10.2. The first-order valence-electron chi connectivity index (χ1n) is 10.1. The summed E-state index contributed by atoms with van der Waals surface area (Å²) in [7, 11) is 1.57. The van der Waals surface area contributed by atoms with Gasteiger partial charge in [-0.1, -0.05) is 12.1 Å². The Bertz CT molecular complexity index is 908. The molecule has 1 heterocycles. The predicted molar refractivity (Wildman–Crippen MR) is 114 cm³/mol. The quantitative estimate of drug-likeness (QED) is 0.268. The van der Waals surface area contributed by atoms with Crippen LogP contribution in [0, 0.1) is 0 Å². The number of unbranched alkanes of at least 4 members (excludes halogenated alkanes) is 2. The topological polar surface area (TPSA) is 152 Å². The van der Waals surface area contributed by atoms with E-state index < -0.39 is 17.9 Å². The first-order valence-corrected chi connectivity index (χ1v) is 10.1. The summed E-state index contributed by atoms with van der Waals surface area (Å²) in [6, 6.07) is 8.67. The minimum Gasteiger partial charge on any atom is -0.497 e. The summed E-state index contributed by atoms with van der Waals surface area (Å²) in [4.78, 5) is 42.8. The maximum absolute atomic E-state index is 12.4. The standard InChI is InChI=1S/C21H27N5O6/c1-31-16-7-5-6-15(10-16)12-23-20(28)18-11-17(24-13-25-18)19(27)22-8-3-2-4-9-32-14-26-21(29)30/h5-7,10-11,13,26H,2-4,8-9,12,14H2,1H3,(H,22,27)(H,23,28)(H,29,30). The van der Waals surface area contributed by atoms with Crippen molar-refractivity contribution in [2.45, 2.75) is 25.8 Å². The van der Waals surface area contributed by atoms with E-state index in [2.05, 4.69) is 25.9 Å². The van der Waals surface area contributed by atoms with Gasteiger partial charge >= 0.3 is 6.09 Å². The van der Waals surface area contributed by atoms with Gasteiger partial charge in [0.2, 0.25) is 0 Å². The molecule has 11 heteroatoms. The van der Waals surface area contributed by atoms with E-state index in [-0.39, 0.29) is 24.7 Å². The second kappa shape index (κ2) is 13.5. The van der Waals surface area contributed by atoms with Crippen LogP contribution in [0.15, 0.2) is 36.7 Å². The number of ether oxygens (including phenoxy) is 2. The second-order valence-corrected chi connectivity index (χ2v) is 6.67. The summed E-state index contributed by atoms with van der Waals surface area (Å²) < 4.78 is 10.3. The summed E-state index contributed by atoms with van der Waals surface area (Å²) in [5.74, 6) is -0.113. The van der Waals surface area contributed by atoms with Crippen molar-refractivity contribution in [1.82, 2.24) is 25.9 Å². The Morgan fingerprint density at radius 2 is 1.72 bits per heavy atom. The maximum atomic E-state index is 12.4. The van der Waals surface area contributed by atoms with E-state index in [1.165, 1.54) is 12.4 Å². The van der Waals surface area contributed by atoms with E-state index in [0.717, 1.165) is 24.8 Å². The van der Waals surface area contributed by atoms with E-state index in [1.54, 1.807) is 7.11 Å². The summed E-state index contributed by atoms with van der Waals surface area (Å²) in [6.45, 7) is 1.11. The zero-order valence-corrected chi connectivity index (χ0v) is 17.8. The fraction of sp³-hybridized carbons (Fsp3) is 0.381. The smallest absolute Gasteiger partial charge is 0.406 e. The molecule has 0 unspecified atom stereocenters. The van der Waals surface area contributed by atoms with Crippen LogP contribution in [-0.4, -0.2) is 60.0 Å². The van der Waals surface area contributed by atoms with Crippen molar-refractivity contribution in [3.8, 4) is 5.75 Å². The van der Waals surface area contributed by atoms with Gasteiger partial charge in [-0.2, -0.15) is 0 Å². The number of amides is 3. The lowest BCUT2D eigenvalue weighted by Gasteiger charge is -2.08. The van der Waals surface area contributed by atoms with Gasteiger partial charge in [0.25, 0.3) is 11.8 Å². The molecule has 32 heavy (non-hydrogen) atoms. The molecule has 172 valence electrons. The highest BCUT2D eigenvalue weighted by molar-refractivity contribution is 5.97. The third-order valence-corrected chi connectivity index (χ3v) is 4.30. The molecule has 0 aliphatic heterocycles. The van der Waals surface area contributed by atoms with Crippen molar-refractivity contribution in [2.75, 3.05) is 27.0 Å². The van der Waals surface area contributed by atoms with Crippen LogP contribution >= 0.6 is 0 Å². The monoisotopic (exact) mass is 445 g/mol. The van der Waals surface area contributed by atoms with Crippen LogP contribution in [0.1, 0.15) is 45.8 Å². The average Bonchev–Trinajstić information content (AvgIpc) is 2.81. The Morgan fingerprint density at radius 3 is 2.44 bits per heavy atom. The number of benzene rings is 1. The van der Waals surface area contributed by atoms with E-state index in [0.29, 0.717) is 18.9 Å². The summed E-state index contributed by atoms with van der Waals surface area (Å²) in [5.41, 5.74) is 1.07. The van der Waals surface area contributed by atoms with Crippen molar-refractivity contribution in [1.29, 1.82) is 0 Å². The second-order valence-electron chi connectivity index (χ2n) is 6.67. The Balaban J connectivity index is 1.71. The normalized spacial score (nSPS) is 10.3. The lowest BCUT2D eigenvalue weighted by Crippen LogP contribution is -2.28. The molecule has 0 aliphatic rings. The van der Waals surface area contributed by atoms with Gasteiger partial charge in [-0.3, -0.25) is 14.9 Å². The molecule has 1 aromatic carbocycles. The third kappa shape index (κ3) is 8.96. The van der Waals surface area contributed by atoms with Crippen LogP contribution in [0.2, 0.25) is 0 Å². The van der Waals surface area contributed by atoms with Gasteiger partial charge in [-0.15, -0.1) is 0 Å². The first kappa shape index (κ1) is 24.5. The number of nitrogens with zero attached hydrogens (tertiary/aromatic N) is 2. The number of aromatic nitrogens is 2. The Hall–Kier alpha value is -3.73. The zero-order valence-electron chi connectivity index (χ0n) is 17.8. The maximum Gasteiger partial charge on any atom is 0.406 e. The number of nitrogens with one attached hydrogen (secondary N) is 3. The molecule has 4 N–H and O–H groups in total. The molecule has 0 aliphatic carbocycles. The summed E-state index contributed by atoms with van der Waals surface area (Å²) >= 11 is 0. The van der Waals surface area contributed by atoms with Crippen molar-refractivity contribution >= 4 is 17.9 Å². The zero-order chi connectivity index (χ0) is 23.2. The molecule has 3 amide bonds. The van der Waals surface area contributed by atoms with Crippen LogP contribution in [0.25, 0.3) is 0 Å². The Labute approximate surface area is 185 Å². The molecule has 0 spiro atoms. The average molecular weight is 445 g/mol. The molecule has 0 saturated carbocycles. The number of carboxylic acid groups (broad SMARTS) is 1. The number of hydrogen-bond donors (Lipinski definition) is 4. The molecule has 0 bridgehead atoms. The molecule has 2 aromatic rings. The molecule has 0 atom stereocenters. The highest BCUT2D eigenvalue weighted by Crippen LogP contribution is 2.12. The van der Waals surface area contributed by atoms with E-state index in [4.69, 9.17) is 14.6 Å². The predicted octanol–water partition coefficient (Wildman–Crippen LogP) is 1.56. The van der Waals surface area contributed by atoms with Crippen LogP contribution in [0.4, 0.5) is 4.79 Å². The molecular weight excluding hydrogens is 418 g/mol. The highest BCUT2D eigenvalue weighted by Gasteiger charge is 2.13. The van der Waals surface area contributed by atoms with Crippen molar-refractivity contribution < 1.29 is 29.0 Å². The lowest BCUT2D eigenvalue weighted by molar-refractivity contribution is 0.0945. The van der Waals surface area contributed by atoms with Crippen LogP contribution in [0.5, 0.6) is 5.75 Å². The first-order chi connectivity index (χ1) is 15.5. The van der Waals surface area contributed by atoms with Crippen molar-refractivity contribution in [3.05, 3.63) is 53.6 Å². The van der Waals surface area contributed by atoms with Crippen LogP contribution < -0.4 is 20.7 Å². The number of rotatable bonds is 13. The van der Waals surface area contributed by atoms with E-state index in [9.17, 15) is 14.4 Å². The van der Waals surface area contributed by atoms with E-state index >= 15 is 0 Å². The van der Waals surface area contributed by atoms with Crippen LogP contribution in [0.3, 0.4) is 0 Å². The van der Waals surface area contributed by atoms with Gasteiger partial charge in [0.15, 0.2) is 0 Å². The largest absolute Gasteiger partial charge is 0.497 e. The van der Waals surface area contributed by atoms with E-state index in [1.807, 2.05) is 24.3 Å². The third-order valence-electron chi connectivity index (χ3n) is 4.30. The van der Waals surface area contributed by atoms with Crippen molar-refractivity contribution in [3.63, 3.8) is 0 Å². The van der Waals surface area contributed by atoms with Gasteiger partial charge in [0, 0.05) is 25.8 Å². The Kier molecular flexibility index (Phi) is 10.4. The number of carbonyl (C=O) groups is 3.